The number of nitrogens with one attached hydrogen (secondary N) is 1. The van der Waals surface area contributed by atoms with Gasteiger partial charge < -0.3 is 19.4 Å². The average molecular weight is 423 g/mol. The molecule has 5 rings (SSSR count). The summed E-state index contributed by atoms with van der Waals surface area (Å²) in [4.78, 5) is 18.9. The van der Waals surface area contributed by atoms with Gasteiger partial charge in [-0.2, -0.15) is 8.78 Å². The molecule has 0 spiro atoms. The average Bonchev–Trinajstić information content (AvgIpc) is 3.25. The van der Waals surface area contributed by atoms with Crippen molar-refractivity contribution in [3.63, 3.8) is 0 Å². The molecule has 4 aromatic rings. The molecule has 0 saturated carbocycles. The number of aliphatic hydroxyl groups excluding tert-OH is 1. The van der Waals surface area contributed by atoms with Crippen LogP contribution in [0.3, 0.4) is 0 Å². The summed E-state index contributed by atoms with van der Waals surface area (Å²) in [5.74, 6) is 0.569. The third kappa shape index (κ3) is 3.29. The molecule has 0 aliphatic carbocycles. The molecule has 1 aliphatic rings. The standard InChI is InChI=1S/C23H19F2N3O3/c1-12-8-21(30)26-11-15(12)13-6-7-16-18(9-13)28-17(10-19(29)22(28)27-16)14-4-2-3-5-20(14)31-23(24)25/h2-9,11,17,19,23,29H,10H2,1H3,(H,26,30). The SMILES string of the molecule is Cc1cc(=O)[nH]cc1-c1ccc2nc3n(c2c1)C(c1ccccc1OC(F)F)CC3O. The van der Waals surface area contributed by atoms with Crippen LogP contribution in [0, 0.1) is 6.92 Å². The number of H-pyrrole nitrogens is 1. The van der Waals surface area contributed by atoms with Crippen molar-refractivity contribution in [3.8, 4) is 16.9 Å². The highest BCUT2D eigenvalue weighted by Crippen LogP contribution is 2.44. The minimum atomic E-state index is -2.94. The first-order valence-corrected chi connectivity index (χ1v) is 9.86. The van der Waals surface area contributed by atoms with Crippen molar-refractivity contribution in [2.45, 2.75) is 32.1 Å². The lowest BCUT2D eigenvalue weighted by molar-refractivity contribution is -0.0507. The number of aryl methyl sites for hydroxylation is 1. The first kappa shape index (κ1) is 19.4. The number of aromatic nitrogens is 3. The quantitative estimate of drug-likeness (QED) is 0.512. The van der Waals surface area contributed by atoms with Gasteiger partial charge in [0, 0.05) is 29.8 Å². The Balaban J connectivity index is 1.68. The fourth-order valence-electron chi connectivity index (χ4n) is 4.37. The number of ether oxygens (including phenoxy) is 1. The van der Waals surface area contributed by atoms with Gasteiger partial charge in [0.1, 0.15) is 17.7 Å². The zero-order valence-corrected chi connectivity index (χ0v) is 16.5. The van der Waals surface area contributed by atoms with E-state index in [9.17, 15) is 18.7 Å². The number of aliphatic hydroxyl groups is 1. The van der Waals surface area contributed by atoms with Gasteiger partial charge in [0.2, 0.25) is 5.56 Å². The van der Waals surface area contributed by atoms with E-state index in [1.807, 2.05) is 29.7 Å². The van der Waals surface area contributed by atoms with E-state index < -0.39 is 18.8 Å². The Kier molecular flexibility index (Phi) is 4.59. The number of aromatic amines is 1. The molecule has 0 saturated heterocycles. The van der Waals surface area contributed by atoms with Gasteiger partial charge in [-0.3, -0.25) is 4.79 Å². The topological polar surface area (TPSA) is 80.1 Å². The van der Waals surface area contributed by atoms with Crippen molar-refractivity contribution in [1.82, 2.24) is 14.5 Å². The molecule has 2 aromatic carbocycles. The Morgan fingerprint density at radius 1 is 1.23 bits per heavy atom. The predicted octanol–water partition coefficient (Wildman–Crippen LogP) is 4.33. The van der Waals surface area contributed by atoms with E-state index in [0.29, 0.717) is 23.3 Å². The van der Waals surface area contributed by atoms with Gasteiger partial charge in [-0.1, -0.05) is 24.3 Å². The normalized spacial score (nSPS) is 18.0. The maximum Gasteiger partial charge on any atom is 0.387 e. The van der Waals surface area contributed by atoms with Crippen molar-refractivity contribution in [2.75, 3.05) is 0 Å². The van der Waals surface area contributed by atoms with E-state index in [0.717, 1.165) is 22.2 Å². The molecule has 2 atom stereocenters. The number of imidazole rings is 1. The Bertz CT molecular complexity index is 1350. The second kappa shape index (κ2) is 7.31. The summed E-state index contributed by atoms with van der Waals surface area (Å²) in [5.41, 5.74) is 4.42. The maximum atomic E-state index is 12.9. The number of hydrogen-bond acceptors (Lipinski definition) is 4. The molecule has 3 heterocycles. The molecule has 31 heavy (non-hydrogen) atoms. The Hall–Kier alpha value is -3.52. The van der Waals surface area contributed by atoms with E-state index in [-0.39, 0.29) is 11.3 Å². The van der Waals surface area contributed by atoms with Gasteiger partial charge in [0.05, 0.1) is 17.1 Å². The molecular formula is C23H19F2N3O3. The molecule has 0 radical (unpaired) electrons. The van der Waals surface area contributed by atoms with E-state index in [1.165, 1.54) is 12.1 Å². The van der Waals surface area contributed by atoms with Gasteiger partial charge in [-0.25, -0.2) is 4.98 Å². The molecular weight excluding hydrogens is 404 g/mol. The van der Waals surface area contributed by atoms with Crippen molar-refractivity contribution >= 4 is 11.0 Å². The van der Waals surface area contributed by atoms with Crippen molar-refractivity contribution in [1.29, 1.82) is 0 Å². The summed E-state index contributed by atoms with van der Waals surface area (Å²) in [6, 6.07) is 13.4. The fraction of sp³-hybridized carbons (Fsp3) is 0.217. The molecule has 0 fully saturated rings. The highest BCUT2D eigenvalue weighted by atomic mass is 19.3. The first-order valence-electron chi connectivity index (χ1n) is 9.86. The predicted molar refractivity (Wildman–Crippen MR) is 111 cm³/mol. The largest absolute Gasteiger partial charge is 0.434 e. The molecule has 1 aliphatic heterocycles. The zero-order valence-electron chi connectivity index (χ0n) is 16.5. The summed E-state index contributed by atoms with van der Waals surface area (Å²) in [6.45, 7) is -1.08. The number of alkyl halides is 2. The lowest BCUT2D eigenvalue weighted by atomic mass is 10.0. The lowest BCUT2D eigenvalue weighted by Crippen LogP contribution is -2.10. The number of rotatable bonds is 4. The van der Waals surface area contributed by atoms with Gasteiger partial charge in [0.25, 0.3) is 0 Å². The number of pyridine rings is 1. The van der Waals surface area contributed by atoms with Crippen molar-refractivity contribution in [2.24, 2.45) is 0 Å². The number of benzene rings is 2. The van der Waals surface area contributed by atoms with Crippen LogP contribution in [0.15, 0.2) is 59.5 Å². The Morgan fingerprint density at radius 2 is 2.03 bits per heavy atom. The van der Waals surface area contributed by atoms with E-state index in [1.54, 1.807) is 24.4 Å². The van der Waals surface area contributed by atoms with Crippen LogP contribution in [0.25, 0.3) is 22.2 Å². The minimum Gasteiger partial charge on any atom is -0.434 e. The van der Waals surface area contributed by atoms with Gasteiger partial charge in [0.15, 0.2) is 0 Å². The lowest BCUT2D eigenvalue weighted by Gasteiger charge is -2.19. The minimum absolute atomic E-state index is 0.0806. The molecule has 6 nitrogen and oxygen atoms in total. The van der Waals surface area contributed by atoms with Crippen LogP contribution >= 0.6 is 0 Å². The van der Waals surface area contributed by atoms with E-state index >= 15 is 0 Å². The molecule has 158 valence electrons. The smallest absolute Gasteiger partial charge is 0.387 e. The maximum absolute atomic E-state index is 12.9. The summed E-state index contributed by atoms with van der Waals surface area (Å²) in [6.07, 6.45) is 1.15. The van der Waals surface area contributed by atoms with E-state index in [2.05, 4.69) is 9.97 Å². The third-order valence-corrected chi connectivity index (χ3v) is 5.71. The van der Waals surface area contributed by atoms with Gasteiger partial charge in [-0.15, -0.1) is 0 Å². The van der Waals surface area contributed by atoms with Crippen LogP contribution < -0.4 is 10.3 Å². The van der Waals surface area contributed by atoms with Crippen LogP contribution in [-0.2, 0) is 0 Å². The van der Waals surface area contributed by atoms with Gasteiger partial charge in [-0.05, 0) is 36.2 Å². The molecule has 0 amide bonds. The molecule has 0 bridgehead atoms. The molecule has 2 unspecified atom stereocenters. The zero-order chi connectivity index (χ0) is 21.7. The Labute approximate surface area is 175 Å². The second-order valence-electron chi connectivity index (χ2n) is 7.62. The highest BCUT2D eigenvalue weighted by molar-refractivity contribution is 5.84. The number of hydrogen-bond donors (Lipinski definition) is 2. The summed E-state index contributed by atoms with van der Waals surface area (Å²) in [5, 5.41) is 10.6. The number of nitrogens with zero attached hydrogens (tertiary/aromatic N) is 2. The Morgan fingerprint density at radius 3 is 2.81 bits per heavy atom. The first-order chi connectivity index (χ1) is 14.9. The van der Waals surface area contributed by atoms with Gasteiger partial charge >= 0.3 is 6.61 Å². The summed E-state index contributed by atoms with van der Waals surface area (Å²) < 4.78 is 32.5. The third-order valence-electron chi connectivity index (χ3n) is 5.71. The highest BCUT2D eigenvalue weighted by Gasteiger charge is 2.35. The number of halogens is 2. The fourth-order valence-corrected chi connectivity index (χ4v) is 4.37. The summed E-state index contributed by atoms with van der Waals surface area (Å²) >= 11 is 0. The van der Waals surface area contributed by atoms with E-state index in [4.69, 9.17) is 4.74 Å². The molecule has 8 heteroatoms. The van der Waals surface area contributed by atoms with Crippen molar-refractivity contribution < 1.29 is 18.6 Å². The summed E-state index contributed by atoms with van der Waals surface area (Å²) in [7, 11) is 0. The van der Waals surface area contributed by atoms with Crippen LogP contribution in [0.1, 0.15) is 35.5 Å². The van der Waals surface area contributed by atoms with Crippen LogP contribution in [0.2, 0.25) is 0 Å². The van der Waals surface area contributed by atoms with Crippen molar-refractivity contribution in [3.05, 3.63) is 82.0 Å². The number of para-hydroxylation sites is 1. The molecule has 2 aromatic heterocycles. The second-order valence-corrected chi connectivity index (χ2v) is 7.62. The monoisotopic (exact) mass is 423 g/mol. The molecule has 2 N–H and O–H groups in total. The number of fused-ring (bicyclic) bond motifs is 3. The van der Waals surface area contributed by atoms with Crippen LogP contribution in [0.4, 0.5) is 8.78 Å². The van der Waals surface area contributed by atoms with Crippen LogP contribution in [-0.4, -0.2) is 26.3 Å². The van der Waals surface area contributed by atoms with Crippen LogP contribution in [0.5, 0.6) is 5.75 Å².